The number of carbonyl (C=O) groups is 2. The Bertz CT molecular complexity index is 1260. The third-order valence-electron chi connectivity index (χ3n) is 4.73. The molecule has 0 saturated carbocycles. The molecule has 0 bridgehead atoms. The van der Waals surface area contributed by atoms with E-state index < -0.39 is 5.91 Å². The molecule has 2 amide bonds. The molecule has 2 heterocycles. The quantitative estimate of drug-likeness (QED) is 0.439. The molecule has 29 heavy (non-hydrogen) atoms. The highest BCUT2D eigenvalue weighted by Gasteiger charge is 2.25. The molecule has 146 valence electrons. The fourth-order valence-corrected chi connectivity index (χ4v) is 5.64. The lowest BCUT2D eigenvalue weighted by Gasteiger charge is -2.07. The number of nitrogens with two attached hydrogens (primary N) is 1. The van der Waals surface area contributed by atoms with Crippen molar-refractivity contribution in [2.45, 2.75) is 13.8 Å². The molecule has 0 atom stereocenters. The van der Waals surface area contributed by atoms with Crippen LogP contribution in [0.15, 0.2) is 48.5 Å². The number of hydrogen-bond acceptors (Lipinski definition) is 4. The van der Waals surface area contributed by atoms with Gasteiger partial charge < -0.3 is 11.1 Å². The first-order valence-corrected chi connectivity index (χ1v) is 10.5. The Morgan fingerprint density at radius 3 is 2.38 bits per heavy atom. The summed E-state index contributed by atoms with van der Waals surface area (Å²) in [5, 5.41) is 3.68. The van der Waals surface area contributed by atoms with Crippen molar-refractivity contribution in [3.63, 3.8) is 0 Å². The average molecular weight is 425 g/mol. The largest absolute Gasteiger partial charge is 0.365 e. The summed E-state index contributed by atoms with van der Waals surface area (Å²) in [4.78, 5) is 26.5. The van der Waals surface area contributed by atoms with Crippen LogP contribution in [-0.2, 0) is 0 Å². The molecule has 7 heteroatoms. The van der Waals surface area contributed by atoms with Crippen molar-refractivity contribution in [2.75, 3.05) is 5.32 Å². The topological polar surface area (TPSA) is 72.2 Å². The number of carbonyl (C=O) groups excluding carboxylic acids is 2. The summed E-state index contributed by atoms with van der Waals surface area (Å²) in [5.41, 5.74) is 8.11. The fourth-order valence-electron chi connectivity index (χ4n) is 3.45. The van der Waals surface area contributed by atoms with Gasteiger partial charge in [-0.3, -0.25) is 9.59 Å². The van der Waals surface area contributed by atoms with E-state index in [-0.39, 0.29) is 17.3 Å². The number of fused-ring (bicyclic) bond motifs is 1. The van der Waals surface area contributed by atoms with Crippen LogP contribution in [0, 0.1) is 19.7 Å². The lowest BCUT2D eigenvalue weighted by atomic mass is 10.0. The number of halogens is 1. The Morgan fingerprint density at radius 1 is 1.00 bits per heavy atom. The number of anilines is 1. The van der Waals surface area contributed by atoms with Crippen molar-refractivity contribution < 1.29 is 14.0 Å². The van der Waals surface area contributed by atoms with Gasteiger partial charge in [0.1, 0.15) is 10.8 Å². The molecule has 3 N–H and O–H groups in total. The van der Waals surface area contributed by atoms with Gasteiger partial charge in [-0.15, -0.1) is 22.7 Å². The van der Waals surface area contributed by atoms with Crippen molar-refractivity contribution in [1.29, 1.82) is 0 Å². The number of amides is 2. The Kier molecular flexibility index (Phi) is 4.94. The maximum Gasteiger partial charge on any atom is 0.266 e. The van der Waals surface area contributed by atoms with Crippen LogP contribution in [0.5, 0.6) is 0 Å². The molecule has 2 aromatic carbocycles. The molecule has 0 saturated heterocycles. The first-order valence-electron chi connectivity index (χ1n) is 8.86. The Labute approximate surface area is 174 Å². The van der Waals surface area contributed by atoms with Crippen molar-refractivity contribution >= 4 is 49.6 Å². The number of thiophene rings is 2. The van der Waals surface area contributed by atoms with Crippen molar-refractivity contribution in [1.82, 2.24) is 0 Å². The lowest BCUT2D eigenvalue weighted by molar-refractivity contribution is 0.100. The van der Waals surface area contributed by atoms with Gasteiger partial charge in [0.2, 0.25) is 0 Å². The van der Waals surface area contributed by atoms with Crippen LogP contribution in [0.2, 0.25) is 0 Å². The third-order valence-corrected chi connectivity index (χ3v) is 7.01. The Morgan fingerprint density at radius 2 is 1.72 bits per heavy atom. The monoisotopic (exact) mass is 424 g/mol. The second-order valence-electron chi connectivity index (χ2n) is 6.59. The number of hydrogen-bond donors (Lipinski definition) is 2. The molecule has 4 aromatic rings. The zero-order valence-corrected chi connectivity index (χ0v) is 17.3. The highest BCUT2D eigenvalue weighted by molar-refractivity contribution is 7.21. The van der Waals surface area contributed by atoms with Crippen LogP contribution in [0.25, 0.3) is 21.2 Å². The Hall–Kier alpha value is -3.03. The molecule has 0 spiro atoms. The summed E-state index contributed by atoms with van der Waals surface area (Å²) < 4.78 is 14.9. The van der Waals surface area contributed by atoms with E-state index in [2.05, 4.69) is 5.32 Å². The number of aryl methyl sites for hydroxylation is 2. The van der Waals surface area contributed by atoms with Crippen LogP contribution in [0.3, 0.4) is 0 Å². The van der Waals surface area contributed by atoms with Crippen molar-refractivity contribution in [3.05, 3.63) is 75.2 Å². The van der Waals surface area contributed by atoms with Gasteiger partial charge in [-0.05, 0) is 37.1 Å². The minimum Gasteiger partial charge on any atom is -0.365 e. The molecule has 0 radical (unpaired) electrons. The zero-order valence-electron chi connectivity index (χ0n) is 15.7. The van der Waals surface area contributed by atoms with Gasteiger partial charge >= 0.3 is 0 Å². The number of nitrogens with one attached hydrogen (secondary N) is 1. The second kappa shape index (κ2) is 7.42. The van der Waals surface area contributed by atoms with Crippen molar-refractivity contribution in [3.8, 4) is 11.1 Å². The summed E-state index contributed by atoms with van der Waals surface area (Å²) in [7, 11) is 0. The van der Waals surface area contributed by atoms with E-state index in [1.165, 1.54) is 28.7 Å². The van der Waals surface area contributed by atoms with Crippen LogP contribution in [0.1, 0.15) is 30.5 Å². The predicted molar refractivity (Wildman–Crippen MR) is 117 cm³/mol. The van der Waals surface area contributed by atoms with Gasteiger partial charge in [0.05, 0.1) is 10.4 Å². The molecule has 2 aromatic heterocycles. The highest BCUT2D eigenvalue weighted by Crippen LogP contribution is 2.40. The van der Waals surface area contributed by atoms with Gasteiger partial charge in [0, 0.05) is 20.5 Å². The van der Waals surface area contributed by atoms with Gasteiger partial charge in [-0.2, -0.15) is 0 Å². The fraction of sp³-hybridized carbons (Fsp3) is 0.0909. The smallest absolute Gasteiger partial charge is 0.266 e. The minimum absolute atomic E-state index is 0.289. The van der Waals surface area contributed by atoms with Crippen molar-refractivity contribution in [2.24, 2.45) is 5.73 Å². The highest BCUT2D eigenvalue weighted by atomic mass is 32.1. The molecule has 0 aliphatic rings. The van der Waals surface area contributed by atoms with Crippen LogP contribution >= 0.6 is 22.7 Å². The zero-order chi connectivity index (χ0) is 20.7. The molecule has 0 fully saturated rings. The summed E-state index contributed by atoms with van der Waals surface area (Å²) >= 11 is 2.52. The maximum absolute atomic E-state index is 14.2. The van der Waals surface area contributed by atoms with Crippen LogP contribution < -0.4 is 11.1 Å². The minimum atomic E-state index is -0.609. The van der Waals surface area contributed by atoms with Crippen LogP contribution in [0.4, 0.5) is 9.39 Å². The summed E-state index contributed by atoms with van der Waals surface area (Å²) in [6.45, 7) is 3.61. The summed E-state index contributed by atoms with van der Waals surface area (Å²) in [6, 6.07) is 14.2. The summed E-state index contributed by atoms with van der Waals surface area (Å²) in [6.07, 6.45) is 0. The lowest BCUT2D eigenvalue weighted by Crippen LogP contribution is -2.17. The van der Waals surface area contributed by atoms with Gasteiger partial charge in [-0.25, -0.2) is 4.39 Å². The number of benzene rings is 2. The second-order valence-corrected chi connectivity index (χ2v) is 8.87. The van der Waals surface area contributed by atoms with Crippen LogP contribution in [-0.4, -0.2) is 11.8 Å². The van der Waals surface area contributed by atoms with E-state index in [1.54, 1.807) is 19.1 Å². The van der Waals surface area contributed by atoms with E-state index in [9.17, 15) is 14.0 Å². The van der Waals surface area contributed by atoms with E-state index in [0.717, 1.165) is 16.0 Å². The maximum atomic E-state index is 14.2. The first kappa shape index (κ1) is 19.3. The Balaban J connectivity index is 1.77. The van der Waals surface area contributed by atoms with E-state index in [1.807, 2.05) is 37.3 Å². The molecular weight excluding hydrogens is 407 g/mol. The van der Waals surface area contributed by atoms with E-state index >= 15 is 0 Å². The molecule has 4 nitrogen and oxygen atoms in total. The number of primary amides is 1. The molecular formula is C22H17FN2O2S2. The van der Waals surface area contributed by atoms with Gasteiger partial charge in [0.25, 0.3) is 11.8 Å². The standard InChI is InChI=1S/C22H17FN2O2S2/c1-11-16-14(23)9-6-10-15(16)29-19(11)21(27)25-22-18(20(24)26)17(12(2)28-22)13-7-4-3-5-8-13/h3-10H,1-2H3,(H2,24,26)(H,25,27). The van der Waals surface area contributed by atoms with Gasteiger partial charge in [-0.1, -0.05) is 36.4 Å². The summed E-state index contributed by atoms with van der Waals surface area (Å²) in [5.74, 6) is -1.35. The average Bonchev–Trinajstić information content (AvgIpc) is 3.20. The first-order chi connectivity index (χ1) is 13.9. The van der Waals surface area contributed by atoms with E-state index in [0.29, 0.717) is 25.5 Å². The molecule has 4 rings (SSSR count). The predicted octanol–water partition coefficient (Wildman–Crippen LogP) is 5.74. The van der Waals surface area contributed by atoms with E-state index in [4.69, 9.17) is 5.73 Å². The van der Waals surface area contributed by atoms with Gasteiger partial charge in [0.15, 0.2) is 0 Å². The third kappa shape index (κ3) is 3.32. The molecule has 0 unspecified atom stereocenters. The molecule has 0 aliphatic carbocycles. The number of rotatable bonds is 4. The normalized spacial score (nSPS) is 11.0. The SMILES string of the molecule is Cc1sc(NC(=O)c2sc3cccc(F)c3c2C)c(C(N)=O)c1-c1ccccc1. The molecule has 0 aliphatic heterocycles.